The number of hydrogen-bond acceptors (Lipinski definition) is 2. The fourth-order valence-electron chi connectivity index (χ4n) is 2.89. The Kier molecular flexibility index (Phi) is 3.93. The van der Waals surface area contributed by atoms with E-state index in [1.54, 1.807) is 0 Å². The highest BCUT2D eigenvalue weighted by molar-refractivity contribution is 6.14. The van der Waals surface area contributed by atoms with Crippen molar-refractivity contribution in [2.24, 2.45) is 0 Å². The molecule has 0 bridgehead atoms. The number of fused-ring (bicyclic) bond motifs is 1. The van der Waals surface area contributed by atoms with Crippen molar-refractivity contribution in [1.29, 1.82) is 0 Å². The van der Waals surface area contributed by atoms with E-state index in [1.165, 1.54) is 35.9 Å². The topological polar surface area (TPSA) is 51.1 Å². The number of aromatic nitrogens is 1. The number of rotatable bonds is 2. The highest BCUT2D eigenvalue weighted by atomic mass is 19.1. The van der Waals surface area contributed by atoms with Crippen molar-refractivity contribution in [2.45, 2.75) is 20.8 Å². The third-order valence-corrected chi connectivity index (χ3v) is 3.83. The first-order valence-electron chi connectivity index (χ1n) is 7.56. The van der Waals surface area contributed by atoms with Crippen LogP contribution in [0.1, 0.15) is 33.2 Å². The molecule has 0 aliphatic rings. The lowest BCUT2D eigenvalue weighted by atomic mass is 10.1. The lowest BCUT2D eigenvalue weighted by Crippen LogP contribution is -2.12. The summed E-state index contributed by atoms with van der Waals surface area (Å²) in [7, 11) is 0. The van der Waals surface area contributed by atoms with Gasteiger partial charge in [-0.05, 0) is 55.3 Å². The minimum absolute atomic E-state index is 0.239. The number of anilines is 1. The second-order valence-corrected chi connectivity index (χ2v) is 5.92. The quantitative estimate of drug-likeness (QED) is 0.763. The summed E-state index contributed by atoms with van der Waals surface area (Å²) in [4.78, 5) is 24.4. The van der Waals surface area contributed by atoms with Gasteiger partial charge in [0.25, 0.3) is 5.91 Å². The van der Waals surface area contributed by atoms with Crippen molar-refractivity contribution in [2.75, 3.05) is 5.32 Å². The Morgan fingerprint density at radius 3 is 2.33 bits per heavy atom. The SMILES string of the molecule is CC(=O)n1cc(C(=O)Nc2cc(C)cc(C)c2)c2cc(F)ccc21. The molecule has 4 nitrogen and oxygen atoms in total. The van der Waals surface area contributed by atoms with Crippen molar-refractivity contribution in [3.05, 3.63) is 65.1 Å². The Morgan fingerprint density at radius 1 is 1.04 bits per heavy atom. The Bertz CT molecular complexity index is 953. The zero-order chi connectivity index (χ0) is 17.4. The van der Waals surface area contributed by atoms with Crippen LogP contribution in [-0.4, -0.2) is 16.4 Å². The molecule has 2 aromatic carbocycles. The molecule has 0 atom stereocenters. The van der Waals surface area contributed by atoms with Gasteiger partial charge in [0.1, 0.15) is 5.82 Å². The fraction of sp³-hybridized carbons (Fsp3) is 0.158. The number of halogens is 1. The van der Waals surface area contributed by atoms with Crippen LogP contribution in [0.25, 0.3) is 10.9 Å². The molecule has 0 fully saturated rings. The van der Waals surface area contributed by atoms with Gasteiger partial charge >= 0.3 is 0 Å². The van der Waals surface area contributed by atoms with Crippen LogP contribution in [-0.2, 0) is 0 Å². The summed E-state index contributed by atoms with van der Waals surface area (Å²) < 4.78 is 14.9. The van der Waals surface area contributed by atoms with Gasteiger partial charge in [-0.25, -0.2) is 4.39 Å². The van der Waals surface area contributed by atoms with E-state index in [0.29, 0.717) is 16.6 Å². The van der Waals surface area contributed by atoms with Gasteiger partial charge in [-0.15, -0.1) is 0 Å². The molecule has 0 aliphatic carbocycles. The van der Waals surface area contributed by atoms with Crippen molar-refractivity contribution in [3.63, 3.8) is 0 Å². The molecular weight excluding hydrogens is 307 g/mol. The van der Waals surface area contributed by atoms with E-state index in [1.807, 2.05) is 32.0 Å². The standard InChI is InChI=1S/C19H17FN2O2/c1-11-6-12(2)8-15(7-11)21-19(24)17-10-22(13(3)23)18-5-4-14(20)9-16(17)18/h4-10H,1-3H3,(H,21,24). The number of carbonyl (C=O) groups excluding carboxylic acids is 2. The predicted molar refractivity (Wildman–Crippen MR) is 92.1 cm³/mol. The minimum atomic E-state index is -0.454. The Morgan fingerprint density at radius 2 is 1.71 bits per heavy atom. The van der Waals surface area contributed by atoms with Gasteiger partial charge in [0.05, 0.1) is 11.1 Å². The molecule has 24 heavy (non-hydrogen) atoms. The van der Waals surface area contributed by atoms with E-state index < -0.39 is 5.82 Å². The highest BCUT2D eigenvalue weighted by Crippen LogP contribution is 2.24. The molecule has 3 aromatic rings. The molecule has 3 rings (SSSR count). The summed E-state index contributed by atoms with van der Waals surface area (Å²) in [5, 5.41) is 3.23. The zero-order valence-electron chi connectivity index (χ0n) is 13.7. The Labute approximate surface area is 138 Å². The summed E-state index contributed by atoms with van der Waals surface area (Å²) in [6.07, 6.45) is 1.45. The smallest absolute Gasteiger partial charge is 0.257 e. The lowest BCUT2D eigenvalue weighted by Gasteiger charge is -2.07. The average Bonchev–Trinajstić information content (AvgIpc) is 2.84. The minimum Gasteiger partial charge on any atom is -0.322 e. The van der Waals surface area contributed by atoms with Crippen LogP contribution in [0.4, 0.5) is 10.1 Å². The first-order valence-corrected chi connectivity index (χ1v) is 7.56. The summed E-state index contributed by atoms with van der Waals surface area (Å²) in [6.45, 7) is 5.29. The van der Waals surface area contributed by atoms with Crippen molar-refractivity contribution in [1.82, 2.24) is 4.57 Å². The van der Waals surface area contributed by atoms with E-state index in [4.69, 9.17) is 0 Å². The van der Waals surface area contributed by atoms with Crippen LogP contribution in [0, 0.1) is 19.7 Å². The lowest BCUT2D eigenvalue weighted by molar-refractivity contribution is 0.0941. The molecule has 1 N–H and O–H groups in total. The summed E-state index contributed by atoms with van der Waals surface area (Å²) in [5.41, 5.74) is 3.50. The van der Waals surface area contributed by atoms with Crippen LogP contribution in [0.5, 0.6) is 0 Å². The molecule has 0 spiro atoms. The highest BCUT2D eigenvalue weighted by Gasteiger charge is 2.17. The average molecular weight is 324 g/mol. The molecule has 0 radical (unpaired) electrons. The predicted octanol–water partition coefficient (Wildman–Crippen LogP) is 4.31. The number of amides is 1. The van der Waals surface area contributed by atoms with Gasteiger partial charge in [0.15, 0.2) is 0 Å². The van der Waals surface area contributed by atoms with Gasteiger partial charge in [0, 0.05) is 24.2 Å². The number of hydrogen-bond donors (Lipinski definition) is 1. The van der Waals surface area contributed by atoms with E-state index in [-0.39, 0.29) is 17.4 Å². The van der Waals surface area contributed by atoms with Gasteiger partial charge < -0.3 is 5.32 Å². The molecule has 0 saturated carbocycles. The number of carbonyl (C=O) groups is 2. The number of nitrogens with one attached hydrogen (secondary N) is 1. The van der Waals surface area contributed by atoms with Crippen LogP contribution < -0.4 is 5.32 Å². The number of nitrogens with zero attached hydrogens (tertiary/aromatic N) is 1. The van der Waals surface area contributed by atoms with Gasteiger partial charge in [-0.2, -0.15) is 0 Å². The van der Waals surface area contributed by atoms with Gasteiger partial charge in [-0.1, -0.05) is 6.07 Å². The molecular formula is C19H17FN2O2. The fourth-order valence-corrected chi connectivity index (χ4v) is 2.89. The maximum Gasteiger partial charge on any atom is 0.257 e. The molecule has 1 heterocycles. The molecule has 0 aliphatic heterocycles. The molecule has 122 valence electrons. The molecule has 0 unspecified atom stereocenters. The maximum atomic E-state index is 13.6. The van der Waals surface area contributed by atoms with Crippen LogP contribution in [0.15, 0.2) is 42.6 Å². The number of aryl methyl sites for hydroxylation is 2. The largest absolute Gasteiger partial charge is 0.322 e. The third kappa shape index (κ3) is 2.93. The second kappa shape index (κ2) is 5.92. The summed E-state index contributed by atoms with van der Waals surface area (Å²) in [6, 6.07) is 9.76. The second-order valence-electron chi connectivity index (χ2n) is 5.92. The Balaban J connectivity index is 2.06. The van der Waals surface area contributed by atoms with Crippen molar-refractivity contribution >= 4 is 28.4 Å². The van der Waals surface area contributed by atoms with E-state index in [0.717, 1.165) is 11.1 Å². The van der Waals surface area contributed by atoms with E-state index >= 15 is 0 Å². The first kappa shape index (κ1) is 15.9. The summed E-state index contributed by atoms with van der Waals surface area (Å²) >= 11 is 0. The first-order chi connectivity index (χ1) is 11.3. The molecule has 5 heteroatoms. The van der Waals surface area contributed by atoms with E-state index in [2.05, 4.69) is 5.32 Å². The van der Waals surface area contributed by atoms with Crippen molar-refractivity contribution in [3.8, 4) is 0 Å². The van der Waals surface area contributed by atoms with Crippen LogP contribution >= 0.6 is 0 Å². The van der Waals surface area contributed by atoms with Crippen LogP contribution in [0.3, 0.4) is 0 Å². The zero-order valence-corrected chi connectivity index (χ0v) is 13.7. The molecule has 1 aromatic heterocycles. The molecule has 0 saturated heterocycles. The normalized spacial score (nSPS) is 10.8. The monoisotopic (exact) mass is 324 g/mol. The van der Waals surface area contributed by atoms with Crippen LogP contribution in [0.2, 0.25) is 0 Å². The number of benzene rings is 2. The molecule has 1 amide bonds. The third-order valence-electron chi connectivity index (χ3n) is 3.83. The van der Waals surface area contributed by atoms with Gasteiger partial charge in [0.2, 0.25) is 5.91 Å². The van der Waals surface area contributed by atoms with E-state index in [9.17, 15) is 14.0 Å². The Hall–Kier alpha value is -2.95. The summed E-state index contributed by atoms with van der Waals surface area (Å²) in [5.74, 6) is -1.07. The van der Waals surface area contributed by atoms with Gasteiger partial charge in [-0.3, -0.25) is 14.2 Å². The van der Waals surface area contributed by atoms with Crippen molar-refractivity contribution < 1.29 is 14.0 Å². The maximum absolute atomic E-state index is 13.6.